The summed E-state index contributed by atoms with van der Waals surface area (Å²) in [4.78, 5) is 41.3. The minimum atomic E-state index is -0.264. The van der Waals surface area contributed by atoms with Gasteiger partial charge < -0.3 is 9.64 Å². The molecule has 0 radical (unpaired) electrons. The van der Waals surface area contributed by atoms with E-state index >= 15 is 0 Å². The number of methoxy groups -OCH3 is 1. The van der Waals surface area contributed by atoms with Crippen LogP contribution in [0, 0.1) is 0 Å². The number of imide groups is 1. The van der Waals surface area contributed by atoms with Gasteiger partial charge in [0.1, 0.15) is 5.75 Å². The minimum absolute atomic E-state index is 0.152. The first kappa shape index (κ1) is 22.6. The Morgan fingerprint density at radius 3 is 2.06 bits per heavy atom. The van der Waals surface area contributed by atoms with Crippen LogP contribution < -0.4 is 9.64 Å². The third-order valence-electron chi connectivity index (χ3n) is 5.61. The van der Waals surface area contributed by atoms with E-state index in [4.69, 9.17) is 16.3 Å². The van der Waals surface area contributed by atoms with Crippen molar-refractivity contribution < 1.29 is 19.1 Å². The molecule has 1 aliphatic heterocycles. The first-order chi connectivity index (χ1) is 16.0. The van der Waals surface area contributed by atoms with Crippen molar-refractivity contribution in [3.63, 3.8) is 0 Å². The molecule has 0 bridgehead atoms. The van der Waals surface area contributed by atoms with Gasteiger partial charge in [-0.2, -0.15) is 0 Å². The van der Waals surface area contributed by atoms with Crippen LogP contribution in [0.3, 0.4) is 0 Å². The largest absolute Gasteiger partial charge is 0.497 e. The second-order valence-corrected chi connectivity index (χ2v) is 8.11. The average molecular weight is 463 g/mol. The van der Waals surface area contributed by atoms with E-state index in [0.717, 1.165) is 5.69 Å². The maximum atomic E-state index is 13.3. The summed E-state index contributed by atoms with van der Waals surface area (Å²) in [5.74, 6) is -0.00910. The minimum Gasteiger partial charge on any atom is -0.497 e. The topological polar surface area (TPSA) is 66.9 Å². The van der Waals surface area contributed by atoms with Gasteiger partial charge in [-0.1, -0.05) is 23.7 Å². The van der Waals surface area contributed by atoms with Gasteiger partial charge in [0.2, 0.25) is 0 Å². The maximum Gasteiger partial charge on any atom is 0.261 e. The first-order valence-electron chi connectivity index (χ1n) is 10.7. The molecular weight excluding hydrogens is 440 g/mol. The van der Waals surface area contributed by atoms with Gasteiger partial charge in [-0.3, -0.25) is 19.3 Å². The molecule has 4 rings (SSSR count). The lowest BCUT2D eigenvalue weighted by Gasteiger charge is -2.24. The van der Waals surface area contributed by atoms with Crippen LogP contribution >= 0.6 is 11.6 Å². The van der Waals surface area contributed by atoms with E-state index in [-0.39, 0.29) is 17.7 Å². The maximum absolute atomic E-state index is 13.3. The number of amides is 3. The lowest BCUT2D eigenvalue weighted by molar-refractivity contribution is 0.0651. The zero-order chi connectivity index (χ0) is 23.4. The van der Waals surface area contributed by atoms with Gasteiger partial charge in [0.15, 0.2) is 0 Å². The van der Waals surface area contributed by atoms with Crippen LogP contribution in [-0.2, 0) is 0 Å². The van der Waals surface area contributed by atoms with Crippen molar-refractivity contribution in [2.45, 2.75) is 12.8 Å². The third kappa shape index (κ3) is 4.76. The number of carbonyl (C=O) groups is 3. The predicted octanol–water partition coefficient (Wildman–Crippen LogP) is 5.07. The molecule has 0 saturated carbocycles. The van der Waals surface area contributed by atoms with Crippen LogP contribution in [0.2, 0.25) is 5.02 Å². The molecule has 1 aliphatic rings. The Morgan fingerprint density at radius 1 is 0.879 bits per heavy atom. The molecule has 0 atom stereocenters. The number of ether oxygens (including phenoxy) is 1. The van der Waals surface area contributed by atoms with Crippen LogP contribution in [-0.4, -0.2) is 42.8 Å². The van der Waals surface area contributed by atoms with Crippen molar-refractivity contribution in [2.24, 2.45) is 0 Å². The lowest BCUT2D eigenvalue weighted by atomic mass is 10.1. The van der Waals surface area contributed by atoms with Gasteiger partial charge in [0.25, 0.3) is 17.7 Å². The highest BCUT2D eigenvalue weighted by molar-refractivity contribution is 6.30. The van der Waals surface area contributed by atoms with Crippen molar-refractivity contribution in [1.29, 1.82) is 0 Å². The molecule has 0 spiro atoms. The van der Waals surface area contributed by atoms with E-state index in [1.165, 1.54) is 4.90 Å². The van der Waals surface area contributed by atoms with Crippen molar-refractivity contribution in [3.05, 3.63) is 94.5 Å². The van der Waals surface area contributed by atoms with Crippen molar-refractivity contribution in [1.82, 2.24) is 4.90 Å². The van der Waals surface area contributed by atoms with E-state index < -0.39 is 0 Å². The van der Waals surface area contributed by atoms with Gasteiger partial charge >= 0.3 is 0 Å². The van der Waals surface area contributed by atoms with E-state index in [1.54, 1.807) is 84.8 Å². The monoisotopic (exact) mass is 462 g/mol. The lowest BCUT2D eigenvalue weighted by Crippen LogP contribution is -2.34. The van der Waals surface area contributed by atoms with Crippen LogP contribution in [0.5, 0.6) is 5.75 Å². The number of unbranched alkanes of at least 4 members (excludes halogenated alkanes) is 1. The average Bonchev–Trinajstić information content (AvgIpc) is 3.09. The molecular formula is C26H23ClN2O4. The van der Waals surface area contributed by atoms with Crippen LogP contribution in [0.4, 0.5) is 5.69 Å². The Hall–Kier alpha value is -3.64. The quantitative estimate of drug-likeness (QED) is 0.346. The summed E-state index contributed by atoms with van der Waals surface area (Å²) >= 11 is 6.02. The second kappa shape index (κ2) is 9.88. The number of hydrogen-bond donors (Lipinski definition) is 0. The molecule has 0 N–H and O–H groups in total. The predicted molar refractivity (Wildman–Crippen MR) is 127 cm³/mol. The number of benzene rings is 3. The second-order valence-electron chi connectivity index (χ2n) is 7.68. The number of hydrogen-bond acceptors (Lipinski definition) is 4. The Bertz CT molecular complexity index is 1140. The number of anilines is 1. The molecule has 3 aromatic rings. The fourth-order valence-corrected chi connectivity index (χ4v) is 3.97. The Balaban J connectivity index is 1.43. The number of nitrogens with zero attached hydrogens (tertiary/aromatic N) is 2. The van der Waals surface area contributed by atoms with E-state index in [9.17, 15) is 14.4 Å². The molecule has 168 valence electrons. The molecule has 0 saturated heterocycles. The molecule has 0 unspecified atom stereocenters. The highest BCUT2D eigenvalue weighted by atomic mass is 35.5. The molecule has 0 aliphatic carbocycles. The number of halogens is 1. The van der Waals surface area contributed by atoms with Crippen LogP contribution in [0.15, 0.2) is 72.8 Å². The smallest absolute Gasteiger partial charge is 0.261 e. The van der Waals surface area contributed by atoms with Crippen molar-refractivity contribution >= 4 is 35.0 Å². The highest BCUT2D eigenvalue weighted by Gasteiger charge is 2.34. The zero-order valence-electron chi connectivity index (χ0n) is 18.2. The summed E-state index contributed by atoms with van der Waals surface area (Å²) in [5, 5.41) is 0.584. The van der Waals surface area contributed by atoms with Gasteiger partial charge in [-0.05, 0) is 73.5 Å². The fourth-order valence-electron chi connectivity index (χ4n) is 3.84. The Morgan fingerprint density at radius 2 is 1.48 bits per heavy atom. The summed E-state index contributed by atoms with van der Waals surface area (Å²) < 4.78 is 5.18. The summed E-state index contributed by atoms with van der Waals surface area (Å²) in [5.41, 5.74) is 2.15. The molecule has 3 aromatic carbocycles. The molecule has 0 aromatic heterocycles. The number of rotatable bonds is 8. The summed E-state index contributed by atoms with van der Waals surface area (Å²) in [6.45, 7) is 0.729. The van der Waals surface area contributed by atoms with E-state index in [0.29, 0.717) is 53.4 Å². The van der Waals surface area contributed by atoms with Crippen LogP contribution in [0.1, 0.15) is 43.9 Å². The summed E-state index contributed by atoms with van der Waals surface area (Å²) in [6.07, 6.45) is 1.18. The van der Waals surface area contributed by atoms with E-state index in [2.05, 4.69) is 0 Å². The van der Waals surface area contributed by atoms with Gasteiger partial charge in [0, 0.05) is 29.4 Å². The standard InChI is InChI=1S/C26H23ClN2O4/c1-33-21-14-8-18(9-15-21)24(30)28(20-12-10-19(27)11-13-20)16-4-5-17-29-25(31)22-6-2-3-7-23(22)26(29)32/h2-3,6-15H,4-5,16-17H2,1H3. The van der Waals surface area contributed by atoms with Crippen molar-refractivity contribution in [3.8, 4) is 5.75 Å². The number of carbonyl (C=O) groups excluding carboxylic acids is 3. The molecule has 7 heteroatoms. The highest BCUT2D eigenvalue weighted by Crippen LogP contribution is 2.24. The van der Waals surface area contributed by atoms with Crippen molar-refractivity contribution in [2.75, 3.05) is 25.1 Å². The Labute approximate surface area is 197 Å². The fraction of sp³-hybridized carbons (Fsp3) is 0.192. The van der Waals surface area contributed by atoms with E-state index in [1.807, 2.05) is 0 Å². The number of fused-ring (bicyclic) bond motifs is 1. The zero-order valence-corrected chi connectivity index (χ0v) is 18.9. The van der Waals surface area contributed by atoms with Crippen LogP contribution in [0.25, 0.3) is 0 Å². The molecule has 0 fully saturated rings. The van der Waals surface area contributed by atoms with Gasteiger partial charge in [-0.25, -0.2) is 0 Å². The van der Waals surface area contributed by atoms with Gasteiger partial charge in [0.05, 0.1) is 18.2 Å². The Kier molecular flexibility index (Phi) is 6.75. The molecule has 33 heavy (non-hydrogen) atoms. The normalized spacial score (nSPS) is 12.6. The summed E-state index contributed by atoms with van der Waals surface area (Å²) in [7, 11) is 1.57. The third-order valence-corrected chi connectivity index (χ3v) is 5.86. The molecule has 3 amide bonds. The molecule has 1 heterocycles. The molecule has 6 nitrogen and oxygen atoms in total. The first-order valence-corrected chi connectivity index (χ1v) is 11.0. The SMILES string of the molecule is COc1ccc(C(=O)N(CCCCN2C(=O)c3ccccc3C2=O)c2ccc(Cl)cc2)cc1. The van der Waals surface area contributed by atoms with Gasteiger partial charge in [-0.15, -0.1) is 0 Å². The summed E-state index contributed by atoms with van der Waals surface area (Å²) in [6, 6.07) is 20.9.